The number of hydrogen-bond acceptors (Lipinski definition) is 2. The van der Waals surface area contributed by atoms with Crippen LogP contribution in [-0.2, 0) is 12.8 Å². The van der Waals surface area contributed by atoms with E-state index < -0.39 is 0 Å². The summed E-state index contributed by atoms with van der Waals surface area (Å²) >= 11 is 0. The molecular formula is C28H17N3. The summed E-state index contributed by atoms with van der Waals surface area (Å²) in [6, 6.07) is 20.4. The van der Waals surface area contributed by atoms with Crippen LogP contribution in [-0.4, -0.2) is 14.4 Å². The highest BCUT2D eigenvalue weighted by Gasteiger charge is 2.28. The van der Waals surface area contributed by atoms with Crippen LogP contribution < -0.4 is 0 Å². The van der Waals surface area contributed by atoms with Crippen LogP contribution in [0, 0.1) is 0 Å². The molecule has 144 valence electrons. The molecule has 0 unspecified atom stereocenters. The van der Waals surface area contributed by atoms with E-state index in [0.29, 0.717) is 0 Å². The quantitative estimate of drug-likeness (QED) is 0.287. The second-order valence-corrected chi connectivity index (χ2v) is 8.70. The molecule has 0 fully saturated rings. The van der Waals surface area contributed by atoms with Crippen molar-refractivity contribution in [1.29, 1.82) is 0 Å². The van der Waals surface area contributed by atoms with Crippen molar-refractivity contribution in [2.24, 2.45) is 0 Å². The fraction of sp³-hybridized carbons (Fsp3) is 0.0714. The number of pyridine rings is 2. The highest BCUT2D eigenvalue weighted by molar-refractivity contribution is 6.13. The molecule has 3 aromatic carbocycles. The van der Waals surface area contributed by atoms with Gasteiger partial charge in [0, 0.05) is 29.4 Å². The van der Waals surface area contributed by atoms with E-state index in [0.717, 1.165) is 24.0 Å². The van der Waals surface area contributed by atoms with E-state index in [1.807, 2.05) is 24.8 Å². The van der Waals surface area contributed by atoms with E-state index in [-0.39, 0.29) is 0 Å². The molecule has 0 amide bonds. The predicted molar refractivity (Wildman–Crippen MR) is 124 cm³/mol. The van der Waals surface area contributed by atoms with Crippen molar-refractivity contribution in [3.63, 3.8) is 0 Å². The maximum Gasteiger partial charge on any atom is 0.145 e. The third-order valence-electron chi connectivity index (χ3n) is 7.24. The molecule has 0 spiro atoms. The zero-order valence-corrected chi connectivity index (χ0v) is 16.8. The van der Waals surface area contributed by atoms with Crippen molar-refractivity contribution in [3.8, 4) is 22.3 Å². The highest BCUT2D eigenvalue weighted by Crippen LogP contribution is 2.47. The lowest BCUT2D eigenvalue weighted by molar-refractivity contribution is 1.16. The summed E-state index contributed by atoms with van der Waals surface area (Å²) in [7, 11) is 0. The van der Waals surface area contributed by atoms with Gasteiger partial charge in [0.25, 0.3) is 0 Å². The van der Waals surface area contributed by atoms with Crippen LogP contribution in [0.2, 0.25) is 0 Å². The van der Waals surface area contributed by atoms with Crippen molar-refractivity contribution in [1.82, 2.24) is 14.4 Å². The second kappa shape index (κ2) is 5.38. The minimum Gasteiger partial charge on any atom is -0.298 e. The first-order valence-corrected chi connectivity index (χ1v) is 10.8. The number of aromatic nitrogens is 3. The van der Waals surface area contributed by atoms with Crippen LogP contribution in [0.3, 0.4) is 0 Å². The third kappa shape index (κ3) is 1.89. The average Bonchev–Trinajstić information content (AvgIpc) is 3.53. The van der Waals surface area contributed by atoms with Crippen molar-refractivity contribution in [3.05, 3.63) is 102 Å². The van der Waals surface area contributed by atoms with Crippen LogP contribution in [0.15, 0.2) is 79.4 Å². The van der Waals surface area contributed by atoms with E-state index in [2.05, 4.69) is 64.0 Å². The van der Waals surface area contributed by atoms with Gasteiger partial charge < -0.3 is 0 Å². The first-order chi connectivity index (χ1) is 15.4. The topological polar surface area (TPSA) is 30.2 Å². The van der Waals surface area contributed by atoms with Gasteiger partial charge in [0.05, 0.1) is 11.7 Å². The summed E-state index contributed by atoms with van der Waals surface area (Å²) in [6.07, 6.45) is 9.78. The highest BCUT2D eigenvalue weighted by atomic mass is 15.0. The van der Waals surface area contributed by atoms with E-state index >= 15 is 0 Å². The Labute approximate surface area is 178 Å². The van der Waals surface area contributed by atoms with Crippen molar-refractivity contribution in [2.45, 2.75) is 12.8 Å². The number of imidazole rings is 1. The molecule has 31 heavy (non-hydrogen) atoms. The van der Waals surface area contributed by atoms with Gasteiger partial charge >= 0.3 is 0 Å². The van der Waals surface area contributed by atoms with Gasteiger partial charge in [-0.25, -0.2) is 4.98 Å². The molecule has 3 heterocycles. The minimum absolute atomic E-state index is 0.999. The summed E-state index contributed by atoms with van der Waals surface area (Å²) < 4.78 is 2.16. The molecule has 0 bridgehead atoms. The molecule has 8 rings (SSSR count). The van der Waals surface area contributed by atoms with E-state index in [4.69, 9.17) is 4.98 Å². The van der Waals surface area contributed by atoms with Gasteiger partial charge in [-0.15, -0.1) is 0 Å². The Kier molecular flexibility index (Phi) is 2.74. The van der Waals surface area contributed by atoms with E-state index in [1.54, 1.807) is 0 Å². The zero-order valence-electron chi connectivity index (χ0n) is 16.8. The zero-order chi connectivity index (χ0) is 20.1. The van der Waals surface area contributed by atoms with Crippen molar-refractivity contribution < 1.29 is 0 Å². The maximum atomic E-state index is 4.69. The Hall–Kier alpha value is -3.98. The SMILES string of the molecule is c1ccc2c(c1)Cc1c-2ccc2c1Cc1cc3c(cc1-2)c1ccncc1n1ccnc31. The normalized spacial score (nSPS) is 13.5. The summed E-state index contributed by atoms with van der Waals surface area (Å²) in [5.74, 6) is 0. The first kappa shape index (κ1) is 15.8. The maximum absolute atomic E-state index is 4.69. The molecule has 3 aromatic heterocycles. The Morgan fingerprint density at radius 1 is 0.677 bits per heavy atom. The van der Waals surface area contributed by atoms with Gasteiger partial charge in [-0.3, -0.25) is 9.38 Å². The molecule has 0 N–H and O–H groups in total. The molecule has 6 aromatic rings. The first-order valence-electron chi connectivity index (χ1n) is 10.8. The largest absolute Gasteiger partial charge is 0.298 e. The van der Waals surface area contributed by atoms with Crippen molar-refractivity contribution in [2.75, 3.05) is 0 Å². The monoisotopic (exact) mass is 395 g/mol. The van der Waals surface area contributed by atoms with E-state index in [9.17, 15) is 0 Å². The van der Waals surface area contributed by atoms with Crippen molar-refractivity contribution >= 4 is 27.3 Å². The van der Waals surface area contributed by atoms with E-state index in [1.165, 1.54) is 60.7 Å². The van der Waals surface area contributed by atoms with Gasteiger partial charge in [0.2, 0.25) is 0 Å². The van der Waals surface area contributed by atoms with Gasteiger partial charge in [-0.2, -0.15) is 0 Å². The molecule has 0 atom stereocenters. The molecular weight excluding hydrogens is 378 g/mol. The number of nitrogens with zero attached hydrogens (tertiary/aromatic N) is 3. The Bertz CT molecular complexity index is 1740. The lowest BCUT2D eigenvalue weighted by atomic mass is 9.96. The molecule has 0 radical (unpaired) electrons. The number of hydrogen-bond donors (Lipinski definition) is 0. The Morgan fingerprint density at radius 2 is 1.52 bits per heavy atom. The number of benzene rings is 3. The van der Waals surface area contributed by atoms with Gasteiger partial charge in [-0.05, 0) is 80.9 Å². The van der Waals surface area contributed by atoms with Gasteiger partial charge in [0.15, 0.2) is 0 Å². The molecule has 0 saturated carbocycles. The average molecular weight is 395 g/mol. The number of rotatable bonds is 0. The lowest BCUT2D eigenvalue weighted by Gasteiger charge is -2.11. The Morgan fingerprint density at radius 3 is 2.45 bits per heavy atom. The fourth-order valence-corrected chi connectivity index (χ4v) is 5.87. The summed E-state index contributed by atoms with van der Waals surface area (Å²) in [6.45, 7) is 0. The fourth-order valence-electron chi connectivity index (χ4n) is 5.87. The summed E-state index contributed by atoms with van der Waals surface area (Å²) in [4.78, 5) is 9.06. The summed E-state index contributed by atoms with van der Waals surface area (Å²) in [5, 5.41) is 3.70. The Balaban J connectivity index is 1.44. The standard InChI is InChI=1S/C28H17N3/c1-2-4-18-16(3-1)11-23-19(18)5-6-20-22-14-25-21-7-8-29-15-27(21)31-10-9-30-28(31)26(25)13-17(22)12-24(20)23/h1-10,13-15H,11-12H2. The molecule has 3 heteroatoms. The molecule has 3 nitrogen and oxygen atoms in total. The van der Waals surface area contributed by atoms with Crippen LogP contribution in [0.4, 0.5) is 0 Å². The smallest absolute Gasteiger partial charge is 0.145 e. The summed E-state index contributed by atoms with van der Waals surface area (Å²) in [5.41, 5.74) is 13.6. The number of fused-ring (bicyclic) bond motifs is 13. The third-order valence-corrected chi connectivity index (χ3v) is 7.24. The lowest BCUT2D eigenvalue weighted by Crippen LogP contribution is -1.93. The van der Waals surface area contributed by atoms with Crippen LogP contribution in [0.1, 0.15) is 22.3 Å². The molecule has 0 aliphatic heterocycles. The van der Waals surface area contributed by atoms with Crippen LogP contribution >= 0.6 is 0 Å². The van der Waals surface area contributed by atoms with Gasteiger partial charge in [-0.1, -0.05) is 36.4 Å². The van der Waals surface area contributed by atoms with Gasteiger partial charge in [0.1, 0.15) is 5.65 Å². The minimum atomic E-state index is 0.999. The molecule has 2 aliphatic rings. The molecule has 2 aliphatic carbocycles. The molecule has 0 saturated heterocycles. The second-order valence-electron chi connectivity index (χ2n) is 8.70. The predicted octanol–water partition coefficient (Wildman–Crippen LogP) is 6.18. The van der Waals surface area contributed by atoms with Crippen LogP contribution in [0.5, 0.6) is 0 Å². The van der Waals surface area contributed by atoms with Crippen LogP contribution in [0.25, 0.3) is 49.6 Å².